The SMILES string of the molecule is CCNCCNC(=O)CCCc1ccccc1. The standard InChI is InChI=1S/C14H22N2O/c1-2-15-11-12-16-14(17)10-6-9-13-7-4-3-5-8-13/h3-5,7-8,15H,2,6,9-12H2,1H3,(H,16,17). The van der Waals surface area contributed by atoms with Crippen LogP contribution in [0.4, 0.5) is 0 Å². The molecule has 0 radical (unpaired) electrons. The van der Waals surface area contributed by atoms with Crippen LogP contribution in [0.1, 0.15) is 25.3 Å². The van der Waals surface area contributed by atoms with Gasteiger partial charge in [-0.15, -0.1) is 0 Å². The molecule has 0 saturated carbocycles. The van der Waals surface area contributed by atoms with Gasteiger partial charge in [0.05, 0.1) is 0 Å². The number of nitrogens with one attached hydrogen (secondary N) is 2. The molecule has 1 rings (SSSR count). The van der Waals surface area contributed by atoms with E-state index in [4.69, 9.17) is 0 Å². The fourth-order valence-corrected chi connectivity index (χ4v) is 1.65. The first-order valence-electron chi connectivity index (χ1n) is 6.34. The van der Waals surface area contributed by atoms with Gasteiger partial charge in [0, 0.05) is 19.5 Å². The minimum atomic E-state index is 0.152. The van der Waals surface area contributed by atoms with E-state index in [-0.39, 0.29) is 5.91 Å². The van der Waals surface area contributed by atoms with E-state index in [9.17, 15) is 4.79 Å². The van der Waals surface area contributed by atoms with Gasteiger partial charge in [-0.3, -0.25) is 4.79 Å². The summed E-state index contributed by atoms with van der Waals surface area (Å²) >= 11 is 0. The van der Waals surface area contributed by atoms with Gasteiger partial charge >= 0.3 is 0 Å². The molecule has 0 atom stereocenters. The molecule has 0 saturated heterocycles. The van der Waals surface area contributed by atoms with Gasteiger partial charge < -0.3 is 10.6 Å². The Kier molecular flexibility index (Phi) is 7.07. The van der Waals surface area contributed by atoms with E-state index < -0.39 is 0 Å². The molecule has 0 spiro atoms. The molecule has 94 valence electrons. The van der Waals surface area contributed by atoms with Crippen LogP contribution in [0.3, 0.4) is 0 Å². The van der Waals surface area contributed by atoms with E-state index in [1.165, 1.54) is 5.56 Å². The second-order valence-corrected chi connectivity index (χ2v) is 4.04. The molecule has 0 heterocycles. The van der Waals surface area contributed by atoms with E-state index in [0.717, 1.165) is 32.5 Å². The Balaban J connectivity index is 2.04. The van der Waals surface area contributed by atoms with Gasteiger partial charge in [-0.1, -0.05) is 37.3 Å². The lowest BCUT2D eigenvalue weighted by molar-refractivity contribution is -0.121. The summed E-state index contributed by atoms with van der Waals surface area (Å²) in [5, 5.41) is 6.07. The van der Waals surface area contributed by atoms with E-state index in [0.29, 0.717) is 6.42 Å². The number of likely N-dealkylation sites (N-methyl/N-ethyl adjacent to an activating group) is 1. The van der Waals surface area contributed by atoms with Crippen molar-refractivity contribution in [1.82, 2.24) is 10.6 Å². The fraction of sp³-hybridized carbons (Fsp3) is 0.500. The molecule has 3 heteroatoms. The molecule has 0 fully saturated rings. The van der Waals surface area contributed by atoms with Gasteiger partial charge in [0.25, 0.3) is 0 Å². The smallest absolute Gasteiger partial charge is 0.220 e. The molecule has 1 amide bonds. The molecule has 0 aromatic heterocycles. The number of aryl methyl sites for hydroxylation is 1. The highest BCUT2D eigenvalue weighted by atomic mass is 16.1. The molecular formula is C14H22N2O. The number of rotatable bonds is 8. The molecule has 0 aliphatic rings. The van der Waals surface area contributed by atoms with Crippen LogP contribution in [0.25, 0.3) is 0 Å². The number of carbonyl (C=O) groups excluding carboxylic acids is 1. The molecule has 0 bridgehead atoms. The predicted octanol–water partition coefficient (Wildman–Crippen LogP) is 1.73. The molecular weight excluding hydrogens is 212 g/mol. The molecule has 0 aliphatic heterocycles. The van der Waals surface area contributed by atoms with Crippen LogP contribution >= 0.6 is 0 Å². The lowest BCUT2D eigenvalue weighted by atomic mass is 10.1. The van der Waals surface area contributed by atoms with Crippen LogP contribution in [0, 0.1) is 0 Å². The monoisotopic (exact) mass is 234 g/mol. The van der Waals surface area contributed by atoms with Gasteiger partial charge in [-0.05, 0) is 24.9 Å². The second kappa shape index (κ2) is 8.76. The van der Waals surface area contributed by atoms with Gasteiger partial charge in [0.1, 0.15) is 0 Å². The zero-order valence-electron chi connectivity index (χ0n) is 10.5. The molecule has 17 heavy (non-hydrogen) atoms. The number of benzene rings is 1. The predicted molar refractivity (Wildman–Crippen MR) is 70.9 cm³/mol. The number of hydrogen-bond acceptors (Lipinski definition) is 2. The lowest BCUT2D eigenvalue weighted by Crippen LogP contribution is -2.31. The summed E-state index contributed by atoms with van der Waals surface area (Å²) in [6.07, 6.45) is 2.50. The highest BCUT2D eigenvalue weighted by Crippen LogP contribution is 2.04. The fourth-order valence-electron chi connectivity index (χ4n) is 1.65. The molecule has 3 nitrogen and oxygen atoms in total. The van der Waals surface area contributed by atoms with Crippen molar-refractivity contribution in [3.8, 4) is 0 Å². The average molecular weight is 234 g/mol. The first-order chi connectivity index (χ1) is 8.33. The van der Waals surface area contributed by atoms with E-state index in [2.05, 4.69) is 29.7 Å². The number of carbonyl (C=O) groups is 1. The van der Waals surface area contributed by atoms with Crippen molar-refractivity contribution in [2.75, 3.05) is 19.6 Å². The Morgan fingerprint density at radius 3 is 2.65 bits per heavy atom. The van der Waals surface area contributed by atoms with E-state index >= 15 is 0 Å². The van der Waals surface area contributed by atoms with Crippen molar-refractivity contribution in [3.63, 3.8) is 0 Å². The minimum Gasteiger partial charge on any atom is -0.355 e. The van der Waals surface area contributed by atoms with Crippen molar-refractivity contribution in [2.45, 2.75) is 26.2 Å². The maximum absolute atomic E-state index is 11.5. The zero-order valence-corrected chi connectivity index (χ0v) is 10.5. The Morgan fingerprint density at radius 2 is 1.94 bits per heavy atom. The average Bonchev–Trinajstić information content (AvgIpc) is 2.36. The van der Waals surface area contributed by atoms with Crippen molar-refractivity contribution in [2.24, 2.45) is 0 Å². The highest BCUT2D eigenvalue weighted by Gasteiger charge is 2.00. The largest absolute Gasteiger partial charge is 0.355 e. The van der Waals surface area contributed by atoms with Crippen molar-refractivity contribution < 1.29 is 4.79 Å². The third-order valence-corrected chi connectivity index (χ3v) is 2.59. The summed E-state index contributed by atoms with van der Waals surface area (Å²) in [7, 11) is 0. The first-order valence-corrected chi connectivity index (χ1v) is 6.34. The molecule has 2 N–H and O–H groups in total. The van der Waals surface area contributed by atoms with Crippen molar-refractivity contribution >= 4 is 5.91 Å². The molecule has 1 aromatic carbocycles. The summed E-state index contributed by atoms with van der Waals surface area (Å²) in [4.78, 5) is 11.5. The summed E-state index contributed by atoms with van der Waals surface area (Å²) in [6.45, 7) is 4.57. The summed E-state index contributed by atoms with van der Waals surface area (Å²) in [6, 6.07) is 10.3. The Hall–Kier alpha value is -1.35. The molecule has 0 aliphatic carbocycles. The van der Waals surface area contributed by atoms with Crippen LogP contribution in [-0.4, -0.2) is 25.5 Å². The lowest BCUT2D eigenvalue weighted by Gasteiger charge is -2.05. The first kappa shape index (κ1) is 13.7. The van der Waals surface area contributed by atoms with Crippen LogP contribution < -0.4 is 10.6 Å². The van der Waals surface area contributed by atoms with E-state index in [1.807, 2.05) is 18.2 Å². The Morgan fingerprint density at radius 1 is 1.18 bits per heavy atom. The zero-order chi connectivity index (χ0) is 12.3. The minimum absolute atomic E-state index is 0.152. The quantitative estimate of drug-likeness (QED) is 0.673. The molecule has 0 unspecified atom stereocenters. The number of amides is 1. The summed E-state index contributed by atoms with van der Waals surface area (Å²) < 4.78 is 0. The van der Waals surface area contributed by atoms with Gasteiger partial charge in [-0.25, -0.2) is 0 Å². The van der Waals surface area contributed by atoms with Crippen LogP contribution in [0.2, 0.25) is 0 Å². The van der Waals surface area contributed by atoms with Crippen molar-refractivity contribution in [1.29, 1.82) is 0 Å². The van der Waals surface area contributed by atoms with Crippen LogP contribution in [0.15, 0.2) is 30.3 Å². The van der Waals surface area contributed by atoms with Gasteiger partial charge in [-0.2, -0.15) is 0 Å². The number of hydrogen-bond donors (Lipinski definition) is 2. The summed E-state index contributed by atoms with van der Waals surface area (Å²) in [5.74, 6) is 0.152. The van der Waals surface area contributed by atoms with E-state index in [1.54, 1.807) is 0 Å². The van der Waals surface area contributed by atoms with Crippen LogP contribution in [-0.2, 0) is 11.2 Å². The molecule has 1 aromatic rings. The normalized spacial score (nSPS) is 10.2. The second-order valence-electron chi connectivity index (χ2n) is 4.04. The van der Waals surface area contributed by atoms with Gasteiger partial charge in [0.15, 0.2) is 0 Å². The maximum atomic E-state index is 11.5. The van der Waals surface area contributed by atoms with Crippen LogP contribution in [0.5, 0.6) is 0 Å². The Bertz CT molecular complexity index is 311. The van der Waals surface area contributed by atoms with Crippen molar-refractivity contribution in [3.05, 3.63) is 35.9 Å². The topological polar surface area (TPSA) is 41.1 Å². The summed E-state index contributed by atoms with van der Waals surface area (Å²) in [5.41, 5.74) is 1.30. The van der Waals surface area contributed by atoms with Gasteiger partial charge in [0.2, 0.25) is 5.91 Å². The maximum Gasteiger partial charge on any atom is 0.220 e. The third kappa shape index (κ3) is 6.74. The third-order valence-electron chi connectivity index (χ3n) is 2.59. The highest BCUT2D eigenvalue weighted by molar-refractivity contribution is 5.75. The Labute approximate surface area is 104 Å².